The third kappa shape index (κ3) is 3.18. The van der Waals surface area contributed by atoms with Crippen LogP contribution in [-0.2, 0) is 19.6 Å². The average molecular weight is 323 g/mol. The van der Waals surface area contributed by atoms with Gasteiger partial charge < -0.3 is 4.74 Å². The third-order valence-corrected chi connectivity index (χ3v) is 3.97. The summed E-state index contributed by atoms with van der Waals surface area (Å²) in [4.78, 5) is 0. The second-order valence-corrected chi connectivity index (χ2v) is 5.27. The lowest BCUT2D eigenvalue weighted by Crippen LogP contribution is -2.06. The molecule has 0 radical (unpaired) electrons. The molecule has 0 aliphatic carbocycles. The van der Waals surface area contributed by atoms with Crippen LogP contribution in [0.15, 0.2) is 28.7 Å². The van der Waals surface area contributed by atoms with Crippen molar-refractivity contribution in [2.24, 2.45) is 0 Å². The van der Waals surface area contributed by atoms with Gasteiger partial charge in [-0.05, 0) is 53.9 Å². The van der Waals surface area contributed by atoms with E-state index in [4.69, 9.17) is 4.74 Å². The molecule has 3 nitrogen and oxygen atoms in total. The Bertz CT molecular complexity index is 563. The van der Waals surface area contributed by atoms with E-state index < -0.39 is 0 Å². The summed E-state index contributed by atoms with van der Waals surface area (Å²) < 4.78 is 8.94. The van der Waals surface area contributed by atoms with Crippen molar-refractivity contribution in [2.45, 2.75) is 40.3 Å². The Labute approximate surface area is 122 Å². The second-order valence-electron chi connectivity index (χ2n) is 4.48. The molecule has 2 aromatic rings. The highest BCUT2D eigenvalue weighted by molar-refractivity contribution is 9.10. The molecule has 0 fully saturated rings. The molecule has 0 atom stereocenters. The highest BCUT2D eigenvalue weighted by Gasteiger charge is 2.14. The minimum atomic E-state index is 0.533. The first-order chi connectivity index (χ1) is 9.15. The molecule has 1 aromatic heterocycles. The molecule has 19 heavy (non-hydrogen) atoms. The van der Waals surface area contributed by atoms with Gasteiger partial charge in [-0.3, -0.25) is 4.68 Å². The molecule has 4 heteroatoms. The zero-order valence-corrected chi connectivity index (χ0v) is 13.2. The third-order valence-electron chi connectivity index (χ3n) is 3.06. The summed E-state index contributed by atoms with van der Waals surface area (Å²) in [5.41, 5.74) is 3.39. The van der Waals surface area contributed by atoms with Gasteiger partial charge in [0.1, 0.15) is 12.4 Å². The lowest BCUT2D eigenvalue weighted by molar-refractivity contribution is 0.291. The first-order valence-corrected chi connectivity index (χ1v) is 7.38. The van der Waals surface area contributed by atoms with Crippen LogP contribution >= 0.6 is 15.9 Å². The molecule has 0 bridgehead atoms. The fraction of sp³-hybridized carbons (Fsp3) is 0.400. The monoisotopic (exact) mass is 322 g/mol. The maximum Gasteiger partial charge on any atom is 0.131 e. The molecule has 0 saturated heterocycles. The van der Waals surface area contributed by atoms with Crippen LogP contribution in [-0.4, -0.2) is 9.78 Å². The van der Waals surface area contributed by atoms with Crippen molar-refractivity contribution in [3.8, 4) is 5.75 Å². The molecule has 0 unspecified atom stereocenters. The van der Waals surface area contributed by atoms with Crippen molar-refractivity contribution in [1.29, 1.82) is 0 Å². The van der Waals surface area contributed by atoms with Crippen molar-refractivity contribution in [3.05, 3.63) is 45.7 Å². The lowest BCUT2D eigenvalue weighted by atomic mass is 10.2. The fourth-order valence-electron chi connectivity index (χ4n) is 2.01. The van der Waals surface area contributed by atoms with Crippen LogP contribution in [0, 0.1) is 6.92 Å². The Balaban J connectivity index is 2.17. The normalized spacial score (nSPS) is 10.7. The number of aryl methyl sites for hydroxylation is 3. The summed E-state index contributed by atoms with van der Waals surface area (Å²) in [7, 11) is 0. The van der Waals surface area contributed by atoms with Crippen LogP contribution in [0.1, 0.15) is 30.8 Å². The molecule has 1 heterocycles. The number of aromatic nitrogens is 2. The quantitative estimate of drug-likeness (QED) is 0.828. The number of hydrogen-bond acceptors (Lipinski definition) is 2. The van der Waals surface area contributed by atoms with E-state index in [1.165, 1.54) is 5.56 Å². The molecule has 1 aromatic carbocycles. The molecule has 2 rings (SSSR count). The van der Waals surface area contributed by atoms with Gasteiger partial charge in [0.05, 0.1) is 15.9 Å². The Morgan fingerprint density at radius 1 is 1.32 bits per heavy atom. The second kappa shape index (κ2) is 6.24. The van der Waals surface area contributed by atoms with E-state index in [9.17, 15) is 0 Å². The van der Waals surface area contributed by atoms with E-state index in [2.05, 4.69) is 47.9 Å². The van der Waals surface area contributed by atoms with Crippen molar-refractivity contribution < 1.29 is 4.74 Å². The highest BCUT2D eigenvalue weighted by atomic mass is 79.9. The van der Waals surface area contributed by atoms with Gasteiger partial charge in [0.15, 0.2) is 0 Å². The van der Waals surface area contributed by atoms with Crippen molar-refractivity contribution in [2.75, 3.05) is 0 Å². The summed E-state index contributed by atoms with van der Waals surface area (Å²) in [6, 6.07) is 8.10. The maximum absolute atomic E-state index is 5.86. The zero-order valence-electron chi connectivity index (χ0n) is 11.6. The van der Waals surface area contributed by atoms with Crippen LogP contribution in [0.5, 0.6) is 5.75 Å². The van der Waals surface area contributed by atoms with Gasteiger partial charge in [-0.2, -0.15) is 5.10 Å². The Kier molecular flexibility index (Phi) is 4.64. The Morgan fingerprint density at radius 3 is 2.74 bits per heavy atom. The molecular formula is C15H19BrN2O. The Hall–Kier alpha value is -1.29. The average Bonchev–Trinajstić information content (AvgIpc) is 2.72. The molecule has 0 aliphatic rings. The molecular weight excluding hydrogens is 304 g/mol. The van der Waals surface area contributed by atoms with E-state index in [1.807, 2.05) is 22.9 Å². The number of hydrogen-bond donors (Lipinski definition) is 0. The predicted molar refractivity (Wildman–Crippen MR) is 80.5 cm³/mol. The van der Waals surface area contributed by atoms with Crippen LogP contribution < -0.4 is 4.74 Å². The number of halogens is 1. The minimum absolute atomic E-state index is 0.533. The maximum atomic E-state index is 5.86. The van der Waals surface area contributed by atoms with E-state index in [0.29, 0.717) is 6.61 Å². The molecule has 0 spiro atoms. The van der Waals surface area contributed by atoms with Crippen molar-refractivity contribution in [3.63, 3.8) is 0 Å². The summed E-state index contributed by atoms with van der Waals surface area (Å²) in [5, 5.41) is 4.57. The van der Waals surface area contributed by atoms with Gasteiger partial charge in [-0.25, -0.2) is 0 Å². The first kappa shape index (κ1) is 14.1. The van der Waals surface area contributed by atoms with E-state index >= 15 is 0 Å². The van der Waals surface area contributed by atoms with E-state index in [-0.39, 0.29) is 0 Å². The molecule has 102 valence electrons. The SMILES string of the molecule is CCc1nn(CC)c(COc2cccc(C)c2)c1Br. The fourth-order valence-corrected chi connectivity index (χ4v) is 2.69. The van der Waals surface area contributed by atoms with Crippen molar-refractivity contribution in [1.82, 2.24) is 9.78 Å². The Morgan fingerprint density at radius 2 is 2.11 bits per heavy atom. The number of ether oxygens (including phenoxy) is 1. The van der Waals surface area contributed by atoms with Crippen LogP contribution in [0.25, 0.3) is 0 Å². The number of benzene rings is 1. The molecule has 0 saturated carbocycles. The van der Waals surface area contributed by atoms with E-state index in [1.54, 1.807) is 0 Å². The largest absolute Gasteiger partial charge is 0.487 e. The molecule has 0 aliphatic heterocycles. The summed E-state index contributed by atoms with van der Waals surface area (Å²) >= 11 is 3.63. The van der Waals surface area contributed by atoms with Crippen molar-refractivity contribution >= 4 is 15.9 Å². The smallest absolute Gasteiger partial charge is 0.131 e. The first-order valence-electron chi connectivity index (χ1n) is 6.59. The van der Waals surface area contributed by atoms with Crippen LogP contribution in [0.4, 0.5) is 0 Å². The molecule has 0 amide bonds. The standard InChI is InChI=1S/C15H19BrN2O/c1-4-13-15(16)14(18(5-2)17-13)10-19-12-8-6-7-11(3)9-12/h6-9H,4-5,10H2,1-3H3. The van der Waals surface area contributed by atoms with Crippen LogP contribution in [0.2, 0.25) is 0 Å². The van der Waals surface area contributed by atoms with Gasteiger partial charge in [-0.15, -0.1) is 0 Å². The van der Waals surface area contributed by atoms with Gasteiger partial charge in [0.25, 0.3) is 0 Å². The number of rotatable bonds is 5. The van der Waals surface area contributed by atoms with Gasteiger partial charge in [0.2, 0.25) is 0 Å². The lowest BCUT2D eigenvalue weighted by Gasteiger charge is -2.09. The van der Waals surface area contributed by atoms with Gasteiger partial charge in [-0.1, -0.05) is 19.1 Å². The zero-order chi connectivity index (χ0) is 13.8. The number of nitrogens with zero attached hydrogens (tertiary/aromatic N) is 2. The predicted octanol–water partition coefficient (Wildman–Crippen LogP) is 4.12. The summed E-state index contributed by atoms with van der Waals surface area (Å²) in [6.45, 7) is 7.65. The summed E-state index contributed by atoms with van der Waals surface area (Å²) in [5.74, 6) is 0.897. The minimum Gasteiger partial charge on any atom is -0.487 e. The van der Waals surface area contributed by atoms with Gasteiger partial charge in [0, 0.05) is 6.54 Å². The molecule has 0 N–H and O–H groups in total. The topological polar surface area (TPSA) is 27.1 Å². The van der Waals surface area contributed by atoms with E-state index in [0.717, 1.165) is 34.6 Å². The summed E-state index contributed by atoms with van der Waals surface area (Å²) in [6.07, 6.45) is 0.922. The highest BCUT2D eigenvalue weighted by Crippen LogP contribution is 2.24. The van der Waals surface area contributed by atoms with Crippen LogP contribution in [0.3, 0.4) is 0 Å². The van der Waals surface area contributed by atoms with Gasteiger partial charge >= 0.3 is 0 Å².